The average Bonchev–Trinajstić information content (AvgIpc) is 3.95. The maximum absolute atomic E-state index is 5.56. The lowest BCUT2D eigenvalue weighted by atomic mass is 9.97. The van der Waals surface area contributed by atoms with Crippen LogP contribution in [0.25, 0.3) is 93.8 Å². The zero-order chi connectivity index (χ0) is 45.0. The van der Waals surface area contributed by atoms with E-state index in [1.807, 2.05) is 0 Å². The summed E-state index contributed by atoms with van der Waals surface area (Å²) >= 11 is 0. The fourth-order valence-corrected chi connectivity index (χ4v) is 10.2. The average molecular weight is 870 g/mol. The van der Waals surface area contributed by atoms with E-state index in [1.54, 1.807) is 0 Å². The second-order valence-corrected chi connectivity index (χ2v) is 17.4. The molecule has 1 atom stereocenters. The van der Waals surface area contributed by atoms with E-state index < -0.39 is 6.29 Å². The van der Waals surface area contributed by atoms with Gasteiger partial charge in [-0.15, -0.1) is 0 Å². The molecule has 0 spiro atoms. The first-order valence-corrected chi connectivity index (χ1v) is 23.2. The van der Waals surface area contributed by atoms with Gasteiger partial charge >= 0.3 is 0 Å². The first-order chi connectivity index (χ1) is 33.7. The van der Waals surface area contributed by atoms with Crippen molar-refractivity contribution in [2.24, 2.45) is 9.98 Å². The Hall–Kier alpha value is -9.06. The molecule has 10 aromatic carbocycles. The van der Waals surface area contributed by atoms with Crippen LogP contribution in [0.1, 0.15) is 17.4 Å². The van der Waals surface area contributed by atoms with Crippen LogP contribution in [0.15, 0.2) is 259 Å². The summed E-state index contributed by atoms with van der Waals surface area (Å²) in [6.07, 6.45) is -0.544. The molecule has 3 heterocycles. The fraction of sp³-hybridized carbons (Fsp3) is 0.0159. The van der Waals surface area contributed by atoms with Crippen LogP contribution in [0.2, 0.25) is 0 Å². The third-order valence-electron chi connectivity index (χ3n) is 13.4. The van der Waals surface area contributed by atoms with Crippen LogP contribution >= 0.6 is 0 Å². The van der Waals surface area contributed by atoms with Gasteiger partial charge in [0.15, 0.2) is 5.84 Å². The van der Waals surface area contributed by atoms with Crippen molar-refractivity contribution >= 4 is 55.3 Å². The Kier molecular flexibility index (Phi) is 9.50. The summed E-state index contributed by atoms with van der Waals surface area (Å²) in [6, 6.07) is 88.9. The molecular formula is C63H43N5. The van der Waals surface area contributed by atoms with Crippen molar-refractivity contribution in [3.8, 4) is 50.2 Å². The van der Waals surface area contributed by atoms with Gasteiger partial charge in [0.25, 0.3) is 0 Å². The highest BCUT2D eigenvalue weighted by molar-refractivity contribution is 6.26. The van der Waals surface area contributed by atoms with Crippen molar-refractivity contribution in [1.82, 2.24) is 14.5 Å². The number of hydrogen-bond donors (Lipinski definition) is 1. The van der Waals surface area contributed by atoms with Crippen molar-refractivity contribution in [1.29, 1.82) is 0 Å². The first-order valence-electron chi connectivity index (χ1n) is 23.2. The molecule has 0 saturated heterocycles. The standard InChI is InChI=1S/C63H43N5/c1-5-19-42(20-6-1)46-27-17-29-49(39-46)61-64-62(50-30-18-28-47(40-50)43-21-7-2-8-22-43)66-63(65-61)68-56-34-16-14-32-54(56)59-57(68)38-37-53-52-31-13-15-33-55(52)67(60(53)59)58-41-48(44-23-9-3-10-24-44)35-36-51(58)45-25-11-4-12-26-45/h1-41,63H,(H,64,65,66). The van der Waals surface area contributed by atoms with Crippen LogP contribution in [0.3, 0.4) is 0 Å². The number of fused-ring (bicyclic) bond motifs is 7. The summed E-state index contributed by atoms with van der Waals surface area (Å²) in [4.78, 5) is 10.9. The SMILES string of the molecule is c1ccc(-c2cccc(C3=NC(n4c5ccccc5c5c6c(ccc54)c4ccccc4n6-c4cc(-c5ccccc5)ccc4-c4ccccc4)NC(c4cccc(-c5ccccc5)c4)=N3)c2)cc1. The number of nitrogens with one attached hydrogen (secondary N) is 1. The summed E-state index contributed by atoms with van der Waals surface area (Å²) in [5.41, 5.74) is 16.7. The number of rotatable bonds is 8. The smallest absolute Gasteiger partial charge is 0.204 e. The fourth-order valence-electron chi connectivity index (χ4n) is 10.2. The van der Waals surface area contributed by atoms with Crippen LogP contribution in [0, 0.1) is 0 Å². The van der Waals surface area contributed by atoms with Crippen molar-refractivity contribution in [3.05, 3.63) is 260 Å². The monoisotopic (exact) mass is 869 g/mol. The van der Waals surface area contributed by atoms with Gasteiger partial charge in [0, 0.05) is 38.2 Å². The Labute approximate surface area is 394 Å². The molecule has 5 heteroatoms. The van der Waals surface area contributed by atoms with Crippen molar-refractivity contribution in [3.63, 3.8) is 0 Å². The minimum atomic E-state index is -0.544. The maximum Gasteiger partial charge on any atom is 0.204 e. The van der Waals surface area contributed by atoms with Crippen LogP contribution in [-0.4, -0.2) is 20.8 Å². The molecule has 0 radical (unpaired) electrons. The number of para-hydroxylation sites is 2. The Morgan fingerprint density at radius 2 is 0.868 bits per heavy atom. The van der Waals surface area contributed by atoms with Gasteiger partial charge in [-0.1, -0.05) is 212 Å². The Morgan fingerprint density at radius 3 is 1.53 bits per heavy atom. The largest absolute Gasteiger partial charge is 0.331 e. The summed E-state index contributed by atoms with van der Waals surface area (Å²) < 4.78 is 4.89. The molecule has 2 aromatic heterocycles. The molecule has 0 bridgehead atoms. The highest BCUT2D eigenvalue weighted by Gasteiger charge is 2.28. The summed E-state index contributed by atoms with van der Waals surface area (Å²) in [7, 11) is 0. The number of hydrogen-bond acceptors (Lipinski definition) is 3. The molecule has 320 valence electrons. The van der Waals surface area contributed by atoms with E-state index >= 15 is 0 Å². The number of aliphatic imine (C=N–C) groups is 2. The van der Waals surface area contributed by atoms with Gasteiger partial charge < -0.3 is 14.5 Å². The first kappa shape index (κ1) is 39.3. The highest BCUT2D eigenvalue weighted by Crippen LogP contribution is 2.44. The minimum Gasteiger partial charge on any atom is -0.331 e. The molecule has 0 fully saturated rings. The molecule has 0 aliphatic carbocycles. The highest BCUT2D eigenvalue weighted by atomic mass is 15.3. The number of amidine groups is 2. The van der Waals surface area contributed by atoms with Gasteiger partial charge in [0.2, 0.25) is 6.29 Å². The van der Waals surface area contributed by atoms with Crippen molar-refractivity contribution < 1.29 is 0 Å². The number of benzene rings is 10. The van der Waals surface area contributed by atoms with E-state index in [9.17, 15) is 0 Å². The van der Waals surface area contributed by atoms with E-state index in [1.165, 1.54) is 16.3 Å². The second kappa shape index (κ2) is 16.4. The lowest BCUT2D eigenvalue weighted by molar-refractivity contribution is 0.516. The molecule has 1 N–H and O–H groups in total. The van der Waals surface area contributed by atoms with Crippen LogP contribution in [-0.2, 0) is 0 Å². The third-order valence-corrected chi connectivity index (χ3v) is 13.4. The lowest BCUT2D eigenvalue weighted by Crippen LogP contribution is -2.36. The Bertz CT molecular complexity index is 3920. The van der Waals surface area contributed by atoms with Crippen LogP contribution in [0.4, 0.5) is 0 Å². The van der Waals surface area contributed by atoms with Crippen LogP contribution in [0.5, 0.6) is 0 Å². The van der Waals surface area contributed by atoms with E-state index in [-0.39, 0.29) is 0 Å². The molecule has 1 aliphatic rings. The molecule has 0 saturated carbocycles. The molecule has 12 aromatic rings. The second-order valence-electron chi connectivity index (χ2n) is 17.4. The van der Waals surface area contributed by atoms with Gasteiger partial charge in [0.05, 0.1) is 27.8 Å². The lowest BCUT2D eigenvalue weighted by Gasteiger charge is -2.26. The van der Waals surface area contributed by atoms with Gasteiger partial charge in [-0.05, 0) is 75.3 Å². The molecule has 5 nitrogen and oxygen atoms in total. The van der Waals surface area contributed by atoms with Gasteiger partial charge in [-0.25, -0.2) is 9.98 Å². The van der Waals surface area contributed by atoms with E-state index in [2.05, 4.69) is 263 Å². The zero-order valence-electron chi connectivity index (χ0n) is 37.0. The predicted molar refractivity (Wildman–Crippen MR) is 284 cm³/mol. The molecular weight excluding hydrogens is 827 g/mol. The van der Waals surface area contributed by atoms with E-state index in [0.29, 0.717) is 5.84 Å². The summed E-state index contributed by atoms with van der Waals surface area (Å²) in [6.45, 7) is 0. The topological polar surface area (TPSA) is 46.6 Å². The van der Waals surface area contributed by atoms with Crippen molar-refractivity contribution in [2.45, 2.75) is 6.29 Å². The molecule has 1 unspecified atom stereocenters. The number of aromatic nitrogens is 2. The normalized spacial score (nSPS) is 13.7. The van der Waals surface area contributed by atoms with E-state index in [4.69, 9.17) is 9.98 Å². The third kappa shape index (κ3) is 6.71. The summed E-state index contributed by atoms with van der Waals surface area (Å²) in [5, 5.41) is 8.59. The quantitative estimate of drug-likeness (QED) is 0.162. The molecule has 1 aliphatic heterocycles. The zero-order valence-corrected chi connectivity index (χ0v) is 37.0. The Balaban J connectivity index is 1.07. The van der Waals surface area contributed by atoms with Gasteiger partial charge in [-0.3, -0.25) is 0 Å². The molecule has 13 rings (SSSR count). The predicted octanol–water partition coefficient (Wildman–Crippen LogP) is 15.5. The number of nitrogens with zero attached hydrogens (tertiary/aromatic N) is 4. The molecule has 0 amide bonds. The molecule has 68 heavy (non-hydrogen) atoms. The van der Waals surface area contributed by atoms with Crippen molar-refractivity contribution in [2.75, 3.05) is 0 Å². The maximum atomic E-state index is 5.56. The van der Waals surface area contributed by atoms with Crippen LogP contribution < -0.4 is 5.32 Å². The van der Waals surface area contributed by atoms with Gasteiger partial charge in [-0.2, -0.15) is 0 Å². The Morgan fingerprint density at radius 1 is 0.353 bits per heavy atom. The van der Waals surface area contributed by atoms with Gasteiger partial charge in [0.1, 0.15) is 5.84 Å². The van der Waals surface area contributed by atoms with E-state index in [0.717, 1.165) is 94.4 Å². The summed E-state index contributed by atoms with van der Waals surface area (Å²) in [5.74, 6) is 1.42. The minimum absolute atomic E-state index is 0.544.